The van der Waals surface area contributed by atoms with Crippen LogP contribution in [0.2, 0.25) is 0 Å². The maximum Gasteiger partial charge on any atom is 0.193 e. The molecule has 23 heavy (non-hydrogen) atoms. The molecule has 2 aromatic carbocycles. The minimum atomic E-state index is 0. The number of anilines is 1. The van der Waals surface area contributed by atoms with E-state index in [1.54, 1.807) is 14.2 Å². The molecule has 0 fully saturated rings. The van der Waals surface area contributed by atoms with Gasteiger partial charge < -0.3 is 20.5 Å². The van der Waals surface area contributed by atoms with Crippen LogP contribution in [0.5, 0.6) is 5.75 Å². The number of hydrogen-bond acceptors (Lipinski definition) is 3. The van der Waals surface area contributed by atoms with Crippen LogP contribution in [0.3, 0.4) is 0 Å². The normalized spacial score (nSPS) is 10.8. The average Bonchev–Trinajstić information content (AvgIpc) is 2.55. The van der Waals surface area contributed by atoms with Gasteiger partial charge >= 0.3 is 0 Å². The van der Waals surface area contributed by atoms with Crippen LogP contribution in [-0.4, -0.2) is 20.2 Å². The van der Waals surface area contributed by atoms with Gasteiger partial charge in [-0.15, -0.1) is 24.0 Å². The Hall–Kier alpha value is -1.80. The highest BCUT2D eigenvalue weighted by Crippen LogP contribution is 2.16. The van der Waals surface area contributed by atoms with Gasteiger partial charge in [0, 0.05) is 18.4 Å². The summed E-state index contributed by atoms with van der Waals surface area (Å²) in [6, 6.07) is 15.6. The summed E-state index contributed by atoms with van der Waals surface area (Å²) in [7, 11) is 3.31. The lowest BCUT2D eigenvalue weighted by atomic mass is 10.2. The van der Waals surface area contributed by atoms with Crippen molar-refractivity contribution in [3.63, 3.8) is 0 Å². The SMILES string of the molecule is COCc1ccccc1NC(N)=NCc1ccc(OC)cc1.I. The summed E-state index contributed by atoms with van der Waals surface area (Å²) in [5.74, 6) is 1.20. The molecule has 0 bridgehead atoms. The van der Waals surface area contributed by atoms with Gasteiger partial charge in [-0.2, -0.15) is 0 Å². The van der Waals surface area contributed by atoms with Gasteiger partial charge in [0.25, 0.3) is 0 Å². The number of nitrogens with two attached hydrogens (primary N) is 1. The Morgan fingerprint density at radius 1 is 1.09 bits per heavy atom. The first-order valence-corrected chi connectivity index (χ1v) is 6.99. The first kappa shape index (κ1) is 19.2. The molecule has 6 heteroatoms. The van der Waals surface area contributed by atoms with Gasteiger partial charge in [-0.1, -0.05) is 30.3 Å². The molecule has 0 amide bonds. The van der Waals surface area contributed by atoms with Gasteiger partial charge in [-0.05, 0) is 23.8 Å². The quantitative estimate of drug-likeness (QED) is 0.422. The number of guanidine groups is 1. The van der Waals surface area contributed by atoms with Crippen LogP contribution in [0.4, 0.5) is 5.69 Å². The smallest absolute Gasteiger partial charge is 0.193 e. The summed E-state index contributed by atoms with van der Waals surface area (Å²) >= 11 is 0. The number of nitrogens with zero attached hydrogens (tertiary/aromatic N) is 1. The van der Waals surface area contributed by atoms with E-state index in [-0.39, 0.29) is 24.0 Å². The first-order chi connectivity index (χ1) is 10.7. The van der Waals surface area contributed by atoms with Gasteiger partial charge in [0.05, 0.1) is 20.3 Å². The number of ether oxygens (including phenoxy) is 2. The van der Waals surface area contributed by atoms with Gasteiger partial charge in [-0.25, -0.2) is 4.99 Å². The maximum atomic E-state index is 5.95. The molecule has 0 aliphatic carbocycles. The second kappa shape index (κ2) is 10.1. The van der Waals surface area contributed by atoms with Crippen LogP contribution in [0.1, 0.15) is 11.1 Å². The van der Waals surface area contributed by atoms with Crippen LogP contribution < -0.4 is 15.8 Å². The van der Waals surface area contributed by atoms with E-state index >= 15 is 0 Å². The van der Waals surface area contributed by atoms with Crippen molar-refractivity contribution in [1.82, 2.24) is 0 Å². The van der Waals surface area contributed by atoms with Crippen molar-refractivity contribution < 1.29 is 9.47 Å². The topological polar surface area (TPSA) is 68.9 Å². The fourth-order valence-electron chi connectivity index (χ4n) is 2.01. The Bertz CT molecular complexity index is 630. The Balaban J connectivity index is 0.00000264. The molecule has 2 rings (SSSR count). The lowest BCUT2D eigenvalue weighted by molar-refractivity contribution is 0.185. The predicted molar refractivity (Wildman–Crippen MR) is 105 cm³/mol. The van der Waals surface area contributed by atoms with E-state index in [9.17, 15) is 0 Å². The number of methoxy groups -OCH3 is 2. The number of nitrogens with one attached hydrogen (secondary N) is 1. The summed E-state index contributed by atoms with van der Waals surface area (Å²) in [5.41, 5.74) is 8.95. The third-order valence-electron chi connectivity index (χ3n) is 3.17. The van der Waals surface area contributed by atoms with Crippen LogP contribution in [0.15, 0.2) is 53.5 Å². The Kier molecular flexibility index (Phi) is 8.42. The molecule has 0 aliphatic rings. The van der Waals surface area contributed by atoms with Gasteiger partial charge in [0.2, 0.25) is 0 Å². The third kappa shape index (κ3) is 6.07. The molecule has 0 spiro atoms. The first-order valence-electron chi connectivity index (χ1n) is 6.99. The fraction of sp³-hybridized carbons (Fsp3) is 0.235. The van der Waals surface area contributed by atoms with Crippen molar-refractivity contribution >= 4 is 35.6 Å². The molecule has 0 heterocycles. The zero-order valence-electron chi connectivity index (χ0n) is 13.3. The van der Waals surface area contributed by atoms with E-state index in [0.29, 0.717) is 19.1 Å². The number of halogens is 1. The van der Waals surface area contributed by atoms with E-state index in [0.717, 1.165) is 22.6 Å². The highest BCUT2D eigenvalue weighted by atomic mass is 127. The standard InChI is InChI=1S/C17H21N3O2.HI/c1-21-12-14-5-3-4-6-16(14)20-17(18)19-11-13-7-9-15(22-2)10-8-13;/h3-10H,11-12H2,1-2H3,(H3,18,19,20);1H. The second-order valence-corrected chi connectivity index (χ2v) is 4.76. The summed E-state index contributed by atoms with van der Waals surface area (Å²) in [4.78, 5) is 4.35. The number of benzene rings is 2. The third-order valence-corrected chi connectivity index (χ3v) is 3.17. The van der Waals surface area contributed by atoms with Gasteiger partial charge in [0.15, 0.2) is 5.96 Å². The van der Waals surface area contributed by atoms with Gasteiger partial charge in [-0.3, -0.25) is 0 Å². The molecule has 0 saturated carbocycles. The lowest BCUT2D eigenvalue weighted by Gasteiger charge is -2.10. The molecule has 0 aliphatic heterocycles. The second-order valence-electron chi connectivity index (χ2n) is 4.76. The van der Waals surface area contributed by atoms with Gasteiger partial charge in [0.1, 0.15) is 5.75 Å². The van der Waals surface area contributed by atoms with Crippen LogP contribution in [-0.2, 0) is 17.9 Å². The lowest BCUT2D eigenvalue weighted by Crippen LogP contribution is -2.23. The largest absolute Gasteiger partial charge is 0.497 e. The average molecular weight is 427 g/mol. The predicted octanol–water partition coefficient (Wildman–Crippen LogP) is 3.39. The zero-order chi connectivity index (χ0) is 15.8. The molecule has 124 valence electrons. The van der Waals surface area contributed by atoms with E-state index in [4.69, 9.17) is 15.2 Å². The van der Waals surface area contributed by atoms with Crippen LogP contribution in [0, 0.1) is 0 Å². The molecule has 0 atom stereocenters. The van der Waals surface area contributed by atoms with E-state index in [2.05, 4.69) is 10.3 Å². The minimum Gasteiger partial charge on any atom is -0.497 e. The van der Waals surface area contributed by atoms with E-state index < -0.39 is 0 Å². The molecule has 0 saturated heterocycles. The van der Waals surface area contributed by atoms with Crippen molar-refractivity contribution in [3.8, 4) is 5.75 Å². The fourth-order valence-corrected chi connectivity index (χ4v) is 2.01. The molecular weight excluding hydrogens is 405 g/mol. The molecule has 3 N–H and O–H groups in total. The summed E-state index contributed by atoms with van der Waals surface area (Å²) in [5, 5.41) is 3.11. The zero-order valence-corrected chi connectivity index (χ0v) is 15.6. The Morgan fingerprint density at radius 3 is 2.43 bits per heavy atom. The Morgan fingerprint density at radius 2 is 1.78 bits per heavy atom. The maximum absolute atomic E-state index is 5.95. The van der Waals surface area contributed by atoms with Crippen molar-refractivity contribution in [2.75, 3.05) is 19.5 Å². The number of aliphatic imine (C=N–C) groups is 1. The van der Waals surface area contributed by atoms with Crippen molar-refractivity contribution in [3.05, 3.63) is 59.7 Å². The highest BCUT2D eigenvalue weighted by molar-refractivity contribution is 14.0. The van der Waals surface area contributed by atoms with Crippen molar-refractivity contribution in [2.24, 2.45) is 10.7 Å². The molecule has 0 aromatic heterocycles. The molecule has 2 aromatic rings. The van der Waals surface area contributed by atoms with E-state index in [1.165, 1.54) is 0 Å². The molecule has 0 unspecified atom stereocenters. The number of rotatable bonds is 6. The van der Waals surface area contributed by atoms with E-state index in [1.807, 2.05) is 48.5 Å². The highest BCUT2D eigenvalue weighted by Gasteiger charge is 2.02. The van der Waals surface area contributed by atoms with Crippen LogP contribution >= 0.6 is 24.0 Å². The monoisotopic (exact) mass is 427 g/mol. The van der Waals surface area contributed by atoms with Crippen LogP contribution in [0.25, 0.3) is 0 Å². The number of hydrogen-bond donors (Lipinski definition) is 2. The summed E-state index contributed by atoms with van der Waals surface area (Å²) < 4.78 is 10.3. The molecule has 5 nitrogen and oxygen atoms in total. The van der Waals surface area contributed by atoms with Crippen molar-refractivity contribution in [2.45, 2.75) is 13.2 Å². The molecular formula is C17H22IN3O2. The Labute approximate surface area is 153 Å². The van der Waals surface area contributed by atoms with Crippen molar-refractivity contribution in [1.29, 1.82) is 0 Å². The summed E-state index contributed by atoms with van der Waals surface area (Å²) in [6.45, 7) is 1.03. The molecule has 0 radical (unpaired) electrons. The summed E-state index contributed by atoms with van der Waals surface area (Å²) in [6.07, 6.45) is 0. The number of para-hydroxylation sites is 1. The minimum absolute atomic E-state index is 0.